The van der Waals surface area contributed by atoms with Gasteiger partial charge in [0.1, 0.15) is 5.82 Å². The first kappa shape index (κ1) is 13.0. The molecular weight excluding hydrogens is 251 g/mol. The standard InChI is InChI=1S/C14H14ClFN2/c1-2-18-14(10-3-5-11(16)6-4-10)12-7-8-17-9-13(12)15/h3-9,14,18H,2H2,1H3. The van der Waals surface area contributed by atoms with Gasteiger partial charge in [0.2, 0.25) is 0 Å². The highest BCUT2D eigenvalue weighted by Crippen LogP contribution is 2.27. The molecule has 1 atom stereocenters. The topological polar surface area (TPSA) is 24.9 Å². The summed E-state index contributed by atoms with van der Waals surface area (Å²) >= 11 is 6.16. The van der Waals surface area contributed by atoms with Gasteiger partial charge in [-0.1, -0.05) is 30.7 Å². The van der Waals surface area contributed by atoms with Crippen LogP contribution in [0, 0.1) is 5.82 Å². The molecule has 1 aromatic carbocycles. The Morgan fingerprint density at radius 3 is 2.61 bits per heavy atom. The molecule has 18 heavy (non-hydrogen) atoms. The van der Waals surface area contributed by atoms with Crippen LogP contribution in [0.15, 0.2) is 42.7 Å². The first-order chi connectivity index (χ1) is 8.72. The number of nitrogens with one attached hydrogen (secondary N) is 1. The van der Waals surface area contributed by atoms with Crippen LogP contribution in [-0.4, -0.2) is 11.5 Å². The van der Waals surface area contributed by atoms with Crippen LogP contribution in [0.2, 0.25) is 5.02 Å². The first-order valence-electron chi connectivity index (χ1n) is 5.80. The third-order valence-corrected chi connectivity index (χ3v) is 3.04. The molecule has 0 bridgehead atoms. The number of rotatable bonds is 4. The molecule has 4 heteroatoms. The SMILES string of the molecule is CCNC(c1ccc(F)cc1)c1ccncc1Cl. The second-order valence-corrected chi connectivity index (χ2v) is 4.35. The minimum atomic E-state index is -0.241. The summed E-state index contributed by atoms with van der Waals surface area (Å²) in [7, 11) is 0. The van der Waals surface area contributed by atoms with Gasteiger partial charge in [-0.25, -0.2) is 4.39 Å². The normalized spacial score (nSPS) is 12.4. The molecule has 0 saturated heterocycles. The number of nitrogens with zero attached hydrogens (tertiary/aromatic N) is 1. The third-order valence-electron chi connectivity index (χ3n) is 2.73. The lowest BCUT2D eigenvalue weighted by molar-refractivity contribution is 0.613. The van der Waals surface area contributed by atoms with Crippen LogP contribution >= 0.6 is 11.6 Å². The van der Waals surface area contributed by atoms with Crippen molar-refractivity contribution in [2.75, 3.05) is 6.54 Å². The zero-order valence-electron chi connectivity index (χ0n) is 10.0. The molecule has 0 spiro atoms. The molecular formula is C14H14ClFN2. The zero-order chi connectivity index (χ0) is 13.0. The van der Waals surface area contributed by atoms with E-state index in [1.807, 2.05) is 13.0 Å². The fourth-order valence-corrected chi connectivity index (χ4v) is 2.12. The summed E-state index contributed by atoms with van der Waals surface area (Å²) in [5, 5.41) is 3.95. The number of hydrogen-bond acceptors (Lipinski definition) is 2. The average molecular weight is 265 g/mol. The van der Waals surface area contributed by atoms with Gasteiger partial charge in [-0.05, 0) is 35.9 Å². The van der Waals surface area contributed by atoms with Crippen LogP contribution in [0.1, 0.15) is 24.1 Å². The maximum Gasteiger partial charge on any atom is 0.123 e. The molecule has 1 N–H and O–H groups in total. The van der Waals surface area contributed by atoms with Crippen LogP contribution in [0.4, 0.5) is 4.39 Å². The molecule has 1 aromatic heterocycles. The highest BCUT2D eigenvalue weighted by atomic mass is 35.5. The van der Waals surface area contributed by atoms with Gasteiger partial charge in [0.25, 0.3) is 0 Å². The summed E-state index contributed by atoms with van der Waals surface area (Å²) < 4.78 is 13.0. The summed E-state index contributed by atoms with van der Waals surface area (Å²) in [4.78, 5) is 3.98. The molecule has 2 aromatic rings. The number of hydrogen-bond donors (Lipinski definition) is 1. The Morgan fingerprint density at radius 2 is 2.00 bits per heavy atom. The van der Waals surface area contributed by atoms with E-state index in [4.69, 9.17) is 11.6 Å². The van der Waals surface area contributed by atoms with Crippen LogP contribution < -0.4 is 5.32 Å². The van der Waals surface area contributed by atoms with E-state index >= 15 is 0 Å². The summed E-state index contributed by atoms with van der Waals surface area (Å²) in [6.45, 7) is 2.81. The van der Waals surface area contributed by atoms with Crippen molar-refractivity contribution in [2.24, 2.45) is 0 Å². The number of benzene rings is 1. The van der Waals surface area contributed by atoms with Gasteiger partial charge in [0, 0.05) is 12.4 Å². The quantitative estimate of drug-likeness (QED) is 0.913. The average Bonchev–Trinajstić information content (AvgIpc) is 2.38. The summed E-state index contributed by atoms with van der Waals surface area (Å²) in [6.07, 6.45) is 3.32. The highest BCUT2D eigenvalue weighted by Gasteiger charge is 2.15. The lowest BCUT2D eigenvalue weighted by atomic mass is 9.99. The largest absolute Gasteiger partial charge is 0.306 e. The Hall–Kier alpha value is -1.45. The second kappa shape index (κ2) is 5.94. The van der Waals surface area contributed by atoms with Crippen LogP contribution in [-0.2, 0) is 0 Å². The lowest BCUT2D eigenvalue weighted by Crippen LogP contribution is -2.22. The monoisotopic (exact) mass is 264 g/mol. The molecule has 0 saturated carbocycles. The summed E-state index contributed by atoms with van der Waals surface area (Å²) in [5.74, 6) is -0.241. The van der Waals surface area contributed by atoms with Gasteiger partial charge in [-0.2, -0.15) is 0 Å². The van der Waals surface area contributed by atoms with Crippen LogP contribution in [0.5, 0.6) is 0 Å². The molecule has 0 aliphatic carbocycles. The van der Waals surface area contributed by atoms with Crippen molar-refractivity contribution in [3.8, 4) is 0 Å². The fourth-order valence-electron chi connectivity index (χ4n) is 1.89. The predicted octanol–water partition coefficient (Wildman–Crippen LogP) is 3.57. The Morgan fingerprint density at radius 1 is 1.28 bits per heavy atom. The summed E-state index contributed by atoms with van der Waals surface area (Å²) in [5.41, 5.74) is 1.92. The van der Waals surface area contributed by atoms with Gasteiger partial charge in [-0.15, -0.1) is 0 Å². The van der Waals surface area contributed by atoms with Crippen molar-refractivity contribution in [3.63, 3.8) is 0 Å². The minimum Gasteiger partial charge on any atom is -0.306 e. The molecule has 2 nitrogen and oxygen atoms in total. The van der Waals surface area contributed by atoms with E-state index < -0.39 is 0 Å². The van der Waals surface area contributed by atoms with E-state index in [2.05, 4.69) is 10.3 Å². The van der Waals surface area contributed by atoms with Crippen LogP contribution in [0.25, 0.3) is 0 Å². The number of aromatic nitrogens is 1. The molecule has 1 heterocycles. The number of halogens is 2. The number of pyridine rings is 1. The van der Waals surface area contributed by atoms with E-state index in [1.54, 1.807) is 24.5 Å². The van der Waals surface area contributed by atoms with Crippen molar-refractivity contribution in [1.29, 1.82) is 0 Å². The Kier molecular flexibility index (Phi) is 4.28. The van der Waals surface area contributed by atoms with Crippen molar-refractivity contribution >= 4 is 11.6 Å². The van der Waals surface area contributed by atoms with Crippen molar-refractivity contribution < 1.29 is 4.39 Å². The molecule has 94 valence electrons. The highest BCUT2D eigenvalue weighted by molar-refractivity contribution is 6.31. The molecule has 2 rings (SSSR count). The van der Waals surface area contributed by atoms with Crippen LogP contribution in [0.3, 0.4) is 0 Å². The van der Waals surface area contributed by atoms with Gasteiger partial charge >= 0.3 is 0 Å². The maximum atomic E-state index is 13.0. The van der Waals surface area contributed by atoms with Crippen molar-refractivity contribution in [1.82, 2.24) is 10.3 Å². The molecule has 0 aliphatic heterocycles. The van der Waals surface area contributed by atoms with E-state index in [9.17, 15) is 4.39 Å². The maximum absolute atomic E-state index is 13.0. The minimum absolute atomic E-state index is 0.0499. The molecule has 0 aliphatic rings. The fraction of sp³-hybridized carbons (Fsp3) is 0.214. The first-order valence-corrected chi connectivity index (χ1v) is 6.18. The molecule has 0 fully saturated rings. The Bertz CT molecular complexity index is 513. The second-order valence-electron chi connectivity index (χ2n) is 3.94. The van der Waals surface area contributed by atoms with Crippen molar-refractivity contribution in [3.05, 3.63) is 64.7 Å². The zero-order valence-corrected chi connectivity index (χ0v) is 10.8. The Labute approximate surface area is 111 Å². The molecule has 1 unspecified atom stereocenters. The lowest BCUT2D eigenvalue weighted by Gasteiger charge is -2.19. The van der Waals surface area contributed by atoms with Crippen molar-refractivity contribution in [2.45, 2.75) is 13.0 Å². The van der Waals surface area contributed by atoms with E-state index in [0.717, 1.165) is 17.7 Å². The predicted molar refractivity (Wildman–Crippen MR) is 71.2 cm³/mol. The third kappa shape index (κ3) is 2.86. The smallest absolute Gasteiger partial charge is 0.123 e. The van der Waals surface area contributed by atoms with E-state index in [1.165, 1.54) is 12.1 Å². The Balaban J connectivity index is 2.40. The van der Waals surface area contributed by atoms with Gasteiger partial charge in [-0.3, -0.25) is 4.98 Å². The summed E-state index contributed by atoms with van der Waals surface area (Å²) in [6, 6.07) is 8.26. The molecule has 0 amide bonds. The van der Waals surface area contributed by atoms with Gasteiger partial charge < -0.3 is 5.32 Å². The van der Waals surface area contributed by atoms with E-state index in [-0.39, 0.29) is 11.9 Å². The van der Waals surface area contributed by atoms with Gasteiger partial charge in [0.15, 0.2) is 0 Å². The van der Waals surface area contributed by atoms with Gasteiger partial charge in [0.05, 0.1) is 11.1 Å². The molecule has 0 radical (unpaired) electrons. The van der Waals surface area contributed by atoms with E-state index in [0.29, 0.717) is 5.02 Å².